The highest BCUT2D eigenvalue weighted by molar-refractivity contribution is 7.59. The molecule has 0 bridgehead atoms. The predicted octanol–water partition coefficient (Wildman–Crippen LogP) is 1.81. The van der Waals surface area contributed by atoms with Crippen LogP contribution in [0.15, 0.2) is 48.5 Å². The van der Waals surface area contributed by atoms with E-state index in [0.717, 1.165) is 10.5 Å². The minimum absolute atomic E-state index is 0. The second-order valence-electron chi connectivity index (χ2n) is 6.51. The molecule has 2 aromatic carbocycles. The summed E-state index contributed by atoms with van der Waals surface area (Å²) < 4.78 is 0. The van der Waals surface area contributed by atoms with Crippen molar-refractivity contribution in [2.45, 2.75) is 25.4 Å². The molecule has 2 aliphatic heterocycles. The number of nitrogens with one attached hydrogen (secondary N) is 2. The van der Waals surface area contributed by atoms with Crippen LogP contribution >= 0.6 is 13.5 Å². The Labute approximate surface area is 168 Å². The van der Waals surface area contributed by atoms with Crippen LogP contribution in [0.2, 0.25) is 0 Å². The lowest BCUT2D eigenvalue weighted by Gasteiger charge is -2.27. The molecule has 0 aromatic heterocycles. The maximum Gasteiger partial charge on any atom is 0.264 e. The molecule has 1 fully saturated rings. The van der Waals surface area contributed by atoms with Crippen molar-refractivity contribution in [2.75, 3.05) is 5.32 Å². The second kappa shape index (κ2) is 7.85. The third-order valence-electron chi connectivity index (χ3n) is 4.79. The normalized spacial score (nSPS) is 18.4. The van der Waals surface area contributed by atoms with E-state index in [4.69, 9.17) is 0 Å². The summed E-state index contributed by atoms with van der Waals surface area (Å²) in [6.07, 6.45) is 0.242. The number of anilines is 1. The van der Waals surface area contributed by atoms with Gasteiger partial charge in [-0.25, -0.2) is 0 Å². The summed E-state index contributed by atoms with van der Waals surface area (Å²) in [5, 5.41) is 5.40. The number of benzene rings is 2. The first-order chi connectivity index (χ1) is 13.1. The van der Waals surface area contributed by atoms with Gasteiger partial charge in [-0.3, -0.25) is 29.4 Å². The van der Waals surface area contributed by atoms with E-state index in [-0.39, 0.29) is 37.5 Å². The fourth-order valence-corrected chi connectivity index (χ4v) is 3.46. The average Bonchev–Trinajstić information content (AvgIpc) is 2.93. The molecular weight excluding hydrogens is 378 g/mol. The highest BCUT2D eigenvalue weighted by atomic mass is 32.1. The predicted molar refractivity (Wildman–Crippen MR) is 107 cm³/mol. The number of piperidine rings is 1. The monoisotopic (exact) mass is 397 g/mol. The lowest BCUT2D eigenvalue weighted by molar-refractivity contribution is -0.136. The number of hydrogen-bond acceptors (Lipinski definition) is 5. The fraction of sp³-hybridized carbons (Fsp3) is 0.200. The smallest absolute Gasteiger partial charge is 0.264 e. The number of imide groups is 2. The minimum Gasteiger partial charge on any atom is -0.380 e. The van der Waals surface area contributed by atoms with Crippen molar-refractivity contribution in [3.63, 3.8) is 0 Å². The molecule has 1 atom stereocenters. The Bertz CT molecular complexity index is 961. The second-order valence-corrected chi connectivity index (χ2v) is 6.51. The molecule has 2 aromatic rings. The highest BCUT2D eigenvalue weighted by Crippen LogP contribution is 2.32. The summed E-state index contributed by atoms with van der Waals surface area (Å²) in [6.45, 7) is 0.497. The first kappa shape index (κ1) is 19.6. The maximum atomic E-state index is 13.0. The van der Waals surface area contributed by atoms with Crippen LogP contribution in [-0.2, 0) is 16.1 Å². The van der Waals surface area contributed by atoms with E-state index in [1.165, 1.54) is 0 Å². The van der Waals surface area contributed by atoms with E-state index in [1.807, 2.05) is 30.3 Å². The van der Waals surface area contributed by atoms with Gasteiger partial charge in [0.15, 0.2) is 0 Å². The summed E-state index contributed by atoms with van der Waals surface area (Å²) in [7, 11) is 0. The summed E-state index contributed by atoms with van der Waals surface area (Å²) in [5.41, 5.74) is 2.12. The number of carbonyl (C=O) groups excluding carboxylic acids is 4. The number of fused-ring (bicyclic) bond motifs is 1. The first-order valence-corrected chi connectivity index (χ1v) is 8.68. The Balaban J connectivity index is 0.00000225. The minimum atomic E-state index is -0.961. The van der Waals surface area contributed by atoms with Crippen molar-refractivity contribution < 1.29 is 19.2 Å². The first-order valence-electron chi connectivity index (χ1n) is 8.68. The van der Waals surface area contributed by atoms with E-state index >= 15 is 0 Å². The fourth-order valence-electron chi connectivity index (χ4n) is 3.46. The van der Waals surface area contributed by atoms with E-state index in [2.05, 4.69) is 10.6 Å². The molecular formula is C20H19N3O4S. The Morgan fingerprint density at radius 1 is 0.964 bits per heavy atom. The lowest BCUT2D eigenvalue weighted by atomic mass is 10.0. The van der Waals surface area contributed by atoms with E-state index in [0.29, 0.717) is 12.2 Å². The van der Waals surface area contributed by atoms with Gasteiger partial charge < -0.3 is 5.32 Å². The van der Waals surface area contributed by atoms with Crippen molar-refractivity contribution in [3.05, 3.63) is 65.2 Å². The van der Waals surface area contributed by atoms with Crippen molar-refractivity contribution in [2.24, 2.45) is 0 Å². The van der Waals surface area contributed by atoms with Crippen LogP contribution in [0.3, 0.4) is 0 Å². The van der Waals surface area contributed by atoms with Gasteiger partial charge in [-0.2, -0.15) is 13.5 Å². The third-order valence-corrected chi connectivity index (χ3v) is 4.79. The van der Waals surface area contributed by atoms with Gasteiger partial charge in [0, 0.05) is 18.7 Å². The number of nitrogens with zero attached hydrogens (tertiary/aromatic N) is 1. The lowest BCUT2D eigenvalue weighted by Crippen LogP contribution is -2.54. The number of hydrogen-bond donors (Lipinski definition) is 2. The summed E-state index contributed by atoms with van der Waals surface area (Å²) in [6, 6.07) is 13.7. The maximum absolute atomic E-state index is 13.0. The quantitative estimate of drug-likeness (QED) is 0.768. The average molecular weight is 397 g/mol. The van der Waals surface area contributed by atoms with Crippen LogP contribution in [-0.4, -0.2) is 34.6 Å². The van der Waals surface area contributed by atoms with Gasteiger partial charge in [0.2, 0.25) is 11.8 Å². The van der Waals surface area contributed by atoms with Crippen molar-refractivity contribution >= 4 is 42.8 Å². The molecule has 144 valence electrons. The van der Waals surface area contributed by atoms with Crippen LogP contribution < -0.4 is 10.6 Å². The van der Waals surface area contributed by atoms with Gasteiger partial charge in [-0.05, 0) is 24.1 Å². The number of carbonyl (C=O) groups is 4. The molecule has 0 spiro atoms. The molecule has 0 unspecified atom stereocenters. The van der Waals surface area contributed by atoms with Crippen LogP contribution in [0, 0.1) is 0 Å². The molecule has 1 saturated heterocycles. The standard InChI is InChI=1S/C20H17N3O4.H2S/c24-16-10-9-15(18(25)22-16)23-19(26)13-7-4-8-14(17(13)20(23)27)21-11-12-5-2-1-3-6-12;/h1-8,15,21H,9-11H2,(H,22,24,25);1H2/t15-;/m0./s1. The van der Waals surface area contributed by atoms with Crippen molar-refractivity contribution in [1.29, 1.82) is 0 Å². The Morgan fingerprint density at radius 2 is 1.71 bits per heavy atom. The molecule has 4 rings (SSSR count). The molecule has 8 heteroatoms. The van der Waals surface area contributed by atoms with Gasteiger partial charge in [0.05, 0.1) is 11.1 Å². The Kier molecular flexibility index (Phi) is 5.51. The third kappa shape index (κ3) is 3.38. The Hall–Kier alpha value is -3.13. The molecule has 0 radical (unpaired) electrons. The molecule has 28 heavy (non-hydrogen) atoms. The summed E-state index contributed by atoms with van der Waals surface area (Å²) in [4.78, 5) is 50.2. The topological polar surface area (TPSA) is 95.6 Å². The summed E-state index contributed by atoms with van der Waals surface area (Å²) in [5.74, 6) is -2.02. The van der Waals surface area contributed by atoms with E-state index < -0.39 is 29.7 Å². The van der Waals surface area contributed by atoms with Crippen LogP contribution in [0.1, 0.15) is 39.1 Å². The zero-order valence-corrected chi connectivity index (χ0v) is 15.9. The number of rotatable bonds is 4. The largest absolute Gasteiger partial charge is 0.380 e. The molecule has 2 aliphatic rings. The zero-order valence-electron chi connectivity index (χ0n) is 14.9. The molecule has 4 amide bonds. The van der Waals surface area contributed by atoms with Gasteiger partial charge in [0.1, 0.15) is 6.04 Å². The van der Waals surface area contributed by atoms with Crippen molar-refractivity contribution in [3.8, 4) is 0 Å². The molecule has 0 aliphatic carbocycles. The molecule has 2 N–H and O–H groups in total. The van der Waals surface area contributed by atoms with Crippen LogP contribution in [0.5, 0.6) is 0 Å². The molecule has 7 nitrogen and oxygen atoms in total. The van der Waals surface area contributed by atoms with Crippen LogP contribution in [0.4, 0.5) is 5.69 Å². The van der Waals surface area contributed by atoms with Gasteiger partial charge in [-0.15, -0.1) is 0 Å². The highest BCUT2D eigenvalue weighted by Gasteiger charge is 2.45. The SMILES string of the molecule is O=C1CC[C@H](N2C(=O)c3cccc(NCc4ccccc4)c3C2=O)C(=O)N1.S. The molecule has 0 saturated carbocycles. The zero-order chi connectivity index (χ0) is 19.0. The van der Waals surface area contributed by atoms with Gasteiger partial charge in [0.25, 0.3) is 11.8 Å². The Morgan fingerprint density at radius 3 is 2.43 bits per heavy atom. The van der Waals surface area contributed by atoms with Gasteiger partial charge >= 0.3 is 0 Å². The van der Waals surface area contributed by atoms with Crippen LogP contribution in [0.25, 0.3) is 0 Å². The van der Waals surface area contributed by atoms with E-state index in [1.54, 1.807) is 18.2 Å². The summed E-state index contributed by atoms with van der Waals surface area (Å²) >= 11 is 0. The van der Waals surface area contributed by atoms with E-state index in [9.17, 15) is 19.2 Å². The van der Waals surface area contributed by atoms with Crippen molar-refractivity contribution in [1.82, 2.24) is 10.2 Å². The van der Waals surface area contributed by atoms with Gasteiger partial charge in [-0.1, -0.05) is 36.4 Å². The molecule has 2 heterocycles. The number of amides is 4.